The van der Waals surface area contributed by atoms with Crippen molar-refractivity contribution in [2.24, 2.45) is 5.10 Å². The second-order valence-corrected chi connectivity index (χ2v) is 4.24. The molecule has 0 bridgehead atoms. The number of rotatable bonds is 3. The van der Waals surface area contributed by atoms with Gasteiger partial charge in [0.15, 0.2) is 0 Å². The minimum atomic E-state index is -0.376. The second-order valence-electron chi connectivity index (χ2n) is 4.24. The molecule has 4 nitrogen and oxygen atoms in total. The Hall–Kier alpha value is -2.43. The topological polar surface area (TPSA) is 57.2 Å². The van der Waals surface area contributed by atoms with E-state index in [1.165, 1.54) is 24.3 Å². The van der Waals surface area contributed by atoms with Crippen molar-refractivity contribution in [1.29, 1.82) is 0 Å². The number of hydrazone groups is 1. The molecule has 1 amide bonds. The van der Waals surface area contributed by atoms with Crippen molar-refractivity contribution >= 4 is 12.1 Å². The zero-order chi connectivity index (χ0) is 13.8. The van der Waals surface area contributed by atoms with E-state index in [0.29, 0.717) is 5.56 Å². The van der Waals surface area contributed by atoms with Crippen LogP contribution in [-0.4, -0.2) is 17.1 Å². The van der Waals surface area contributed by atoms with E-state index in [1.807, 2.05) is 19.9 Å². The van der Waals surface area contributed by atoms with Crippen LogP contribution in [0.3, 0.4) is 0 Å². The van der Waals surface area contributed by atoms with E-state index < -0.39 is 0 Å². The summed E-state index contributed by atoms with van der Waals surface area (Å²) in [7, 11) is 0. The fourth-order valence-electron chi connectivity index (χ4n) is 1.71. The van der Waals surface area contributed by atoms with Gasteiger partial charge in [-0.25, -0.2) is 9.82 Å². The first kappa shape index (κ1) is 13.0. The Morgan fingerprint density at radius 2 is 2.00 bits per heavy atom. The van der Waals surface area contributed by atoms with E-state index in [4.69, 9.17) is 0 Å². The Bertz CT molecular complexity index is 614. The van der Waals surface area contributed by atoms with Crippen LogP contribution < -0.4 is 5.43 Å². The van der Waals surface area contributed by atoms with Gasteiger partial charge in [-0.3, -0.25) is 4.79 Å². The standard InChI is InChI=1S/C14H14FN3O/c1-9-7-12(10(2)17-9)8-16-18-14(19)11-3-5-13(15)6-4-11/h3-8,17H,1-2H3,(H,18,19)/b16-8+. The van der Waals surface area contributed by atoms with Crippen molar-refractivity contribution in [2.75, 3.05) is 0 Å². The van der Waals surface area contributed by atoms with Gasteiger partial charge in [0.05, 0.1) is 6.21 Å². The molecule has 0 saturated heterocycles. The average Bonchev–Trinajstić information content (AvgIpc) is 2.68. The van der Waals surface area contributed by atoms with Crippen molar-refractivity contribution in [3.8, 4) is 0 Å². The highest BCUT2D eigenvalue weighted by atomic mass is 19.1. The summed E-state index contributed by atoms with van der Waals surface area (Å²) < 4.78 is 12.7. The molecule has 0 fully saturated rings. The maximum atomic E-state index is 12.7. The van der Waals surface area contributed by atoms with Crippen molar-refractivity contribution in [1.82, 2.24) is 10.4 Å². The van der Waals surface area contributed by atoms with Crippen LogP contribution in [-0.2, 0) is 0 Å². The first-order valence-corrected chi connectivity index (χ1v) is 5.81. The van der Waals surface area contributed by atoms with E-state index in [9.17, 15) is 9.18 Å². The van der Waals surface area contributed by atoms with Crippen LogP contribution in [0, 0.1) is 19.7 Å². The molecule has 98 valence electrons. The third-order valence-electron chi connectivity index (χ3n) is 2.67. The summed E-state index contributed by atoms with van der Waals surface area (Å²) in [6.07, 6.45) is 1.57. The van der Waals surface area contributed by atoms with Gasteiger partial charge in [-0.05, 0) is 44.2 Å². The molecule has 0 saturated carbocycles. The molecule has 5 heteroatoms. The molecule has 1 aromatic carbocycles. The third kappa shape index (κ3) is 3.28. The van der Waals surface area contributed by atoms with Crippen LogP contribution in [0.4, 0.5) is 4.39 Å². The quantitative estimate of drug-likeness (QED) is 0.646. The van der Waals surface area contributed by atoms with Crippen LogP contribution in [0.2, 0.25) is 0 Å². The lowest BCUT2D eigenvalue weighted by Crippen LogP contribution is -2.17. The molecule has 0 unspecified atom stereocenters. The van der Waals surface area contributed by atoms with Gasteiger partial charge in [-0.15, -0.1) is 0 Å². The molecule has 1 aromatic heterocycles. The molecule has 0 aliphatic carbocycles. The van der Waals surface area contributed by atoms with E-state index in [0.717, 1.165) is 17.0 Å². The van der Waals surface area contributed by atoms with Crippen LogP contribution >= 0.6 is 0 Å². The summed E-state index contributed by atoms with van der Waals surface area (Å²) in [6, 6.07) is 7.22. The largest absolute Gasteiger partial charge is 0.362 e. The molecule has 2 rings (SSSR count). The number of carbonyl (C=O) groups is 1. The first-order valence-electron chi connectivity index (χ1n) is 5.81. The molecule has 0 atom stereocenters. The number of aromatic amines is 1. The summed E-state index contributed by atoms with van der Waals surface area (Å²) in [5.41, 5.74) is 5.69. The van der Waals surface area contributed by atoms with Crippen LogP contribution in [0.15, 0.2) is 35.4 Å². The molecule has 0 aliphatic rings. The number of H-pyrrole nitrogens is 1. The summed E-state index contributed by atoms with van der Waals surface area (Å²) in [5, 5.41) is 3.88. The van der Waals surface area contributed by atoms with Crippen LogP contribution in [0.25, 0.3) is 0 Å². The highest BCUT2D eigenvalue weighted by Crippen LogP contribution is 2.06. The van der Waals surface area contributed by atoms with E-state index in [2.05, 4.69) is 15.5 Å². The summed E-state index contributed by atoms with van der Waals surface area (Å²) in [6.45, 7) is 3.87. The molecule has 2 N–H and O–H groups in total. The number of nitrogens with zero attached hydrogens (tertiary/aromatic N) is 1. The van der Waals surface area contributed by atoms with Gasteiger partial charge in [-0.1, -0.05) is 0 Å². The minimum Gasteiger partial charge on any atom is -0.362 e. The molecular weight excluding hydrogens is 245 g/mol. The average molecular weight is 259 g/mol. The monoisotopic (exact) mass is 259 g/mol. The summed E-state index contributed by atoms with van der Waals surface area (Å²) in [5.74, 6) is -0.750. The van der Waals surface area contributed by atoms with Gasteiger partial charge < -0.3 is 4.98 Å². The van der Waals surface area contributed by atoms with E-state index in [-0.39, 0.29) is 11.7 Å². The molecule has 1 heterocycles. The Balaban J connectivity index is 2.00. The van der Waals surface area contributed by atoms with Crippen molar-refractivity contribution in [3.05, 3.63) is 58.7 Å². The second kappa shape index (κ2) is 5.48. The number of hydrogen-bond acceptors (Lipinski definition) is 2. The fourth-order valence-corrected chi connectivity index (χ4v) is 1.71. The zero-order valence-electron chi connectivity index (χ0n) is 10.7. The van der Waals surface area contributed by atoms with Gasteiger partial charge in [0.1, 0.15) is 5.82 Å². The minimum absolute atomic E-state index is 0.362. The molecule has 19 heavy (non-hydrogen) atoms. The van der Waals surface area contributed by atoms with Gasteiger partial charge >= 0.3 is 0 Å². The van der Waals surface area contributed by atoms with E-state index >= 15 is 0 Å². The summed E-state index contributed by atoms with van der Waals surface area (Å²) in [4.78, 5) is 14.8. The summed E-state index contributed by atoms with van der Waals surface area (Å²) >= 11 is 0. The molecule has 0 aliphatic heterocycles. The first-order chi connectivity index (χ1) is 9.06. The van der Waals surface area contributed by atoms with Crippen LogP contribution in [0.1, 0.15) is 27.3 Å². The Labute approximate surface area is 110 Å². The number of hydrogen-bond donors (Lipinski definition) is 2. The predicted octanol–water partition coefficient (Wildman–Crippen LogP) is 2.53. The van der Waals surface area contributed by atoms with Gasteiger partial charge in [-0.2, -0.15) is 5.10 Å². The zero-order valence-corrected chi connectivity index (χ0v) is 10.7. The molecule has 2 aromatic rings. The normalized spacial score (nSPS) is 10.9. The Morgan fingerprint density at radius 1 is 1.32 bits per heavy atom. The Morgan fingerprint density at radius 3 is 2.58 bits per heavy atom. The number of benzene rings is 1. The lowest BCUT2D eigenvalue weighted by atomic mass is 10.2. The number of carbonyl (C=O) groups excluding carboxylic acids is 1. The maximum Gasteiger partial charge on any atom is 0.271 e. The Kier molecular flexibility index (Phi) is 3.75. The third-order valence-corrected chi connectivity index (χ3v) is 2.67. The number of nitrogens with one attached hydrogen (secondary N) is 2. The molecular formula is C14H14FN3O. The molecule has 0 spiro atoms. The maximum absolute atomic E-state index is 12.7. The molecule has 0 radical (unpaired) electrons. The highest BCUT2D eigenvalue weighted by molar-refractivity contribution is 5.94. The van der Waals surface area contributed by atoms with Crippen molar-refractivity contribution in [2.45, 2.75) is 13.8 Å². The van der Waals surface area contributed by atoms with Crippen LogP contribution in [0.5, 0.6) is 0 Å². The van der Waals surface area contributed by atoms with Crippen molar-refractivity contribution < 1.29 is 9.18 Å². The highest BCUT2D eigenvalue weighted by Gasteiger charge is 2.04. The predicted molar refractivity (Wildman–Crippen MR) is 71.7 cm³/mol. The van der Waals surface area contributed by atoms with Crippen molar-refractivity contribution in [3.63, 3.8) is 0 Å². The lowest BCUT2D eigenvalue weighted by molar-refractivity contribution is 0.0955. The van der Waals surface area contributed by atoms with Gasteiger partial charge in [0.25, 0.3) is 5.91 Å². The van der Waals surface area contributed by atoms with Gasteiger partial charge in [0, 0.05) is 22.5 Å². The van der Waals surface area contributed by atoms with Gasteiger partial charge in [0.2, 0.25) is 0 Å². The smallest absolute Gasteiger partial charge is 0.271 e. The number of aryl methyl sites for hydroxylation is 2. The number of halogens is 1. The number of amides is 1. The fraction of sp³-hybridized carbons (Fsp3) is 0.143. The van der Waals surface area contributed by atoms with E-state index in [1.54, 1.807) is 6.21 Å². The SMILES string of the molecule is Cc1cc(/C=N/NC(=O)c2ccc(F)cc2)c(C)[nH]1. The number of aromatic nitrogens is 1. The lowest BCUT2D eigenvalue weighted by Gasteiger charge is -1.99.